The highest BCUT2D eigenvalue weighted by atomic mass is 15.0. The van der Waals surface area contributed by atoms with Gasteiger partial charge in [-0.15, -0.1) is 0 Å². The van der Waals surface area contributed by atoms with E-state index in [1.54, 1.807) is 0 Å². The Morgan fingerprint density at radius 2 is 1.26 bits per heavy atom. The third-order valence-electron chi connectivity index (χ3n) is 8.17. The number of hydrogen-bond donors (Lipinski definition) is 1. The summed E-state index contributed by atoms with van der Waals surface area (Å²) < 4.78 is 4.74. The first-order valence-electron chi connectivity index (χ1n) is 14.2. The second-order valence-corrected chi connectivity index (χ2v) is 10.7. The number of aliphatic imine (C=N–C) groups is 1. The second-order valence-electron chi connectivity index (χ2n) is 10.7. The molecule has 7 aromatic rings. The summed E-state index contributed by atoms with van der Waals surface area (Å²) in [5.41, 5.74) is 16.4. The predicted molar refractivity (Wildman–Crippen MR) is 178 cm³/mol. The normalized spacial score (nSPS) is 14.7. The van der Waals surface area contributed by atoms with Gasteiger partial charge in [-0.1, -0.05) is 78.9 Å². The lowest BCUT2D eigenvalue weighted by molar-refractivity contribution is 1.16. The summed E-state index contributed by atoms with van der Waals surface area (Å²) in [5, 5.41) is 4.97. The number of para-hydroxylation sites is 3. The first kappa shape index (κ1) is 24.2. The Morgan fingerprint density at radius 3 is 1.95 bits per heavy atom. The van der Waals surface area contributed by atoms with E-state index in [4.69, 9.17) is 5.73 Å². The minimum absolute atomic E-state index is 0.676. The van der Waals surface area contributed by atoms with Crippen molar-refractivity contribution in [3.05, 3.63) is 151 Å². The minimum atomic E-state index is 0.676. The van der Waals surface area contributed by atoms with Gasteiger partial charge in [-0.25, -0.2) is 0 Å². The van der Waals surface area contributed by atoms with Gasteiger partial charge in [-0.2, -0.15) is 0 Å². The van der Waals surface area contributed by atoms with Crippen molar-refractivity contribution < 1.29 is 0 Å². The van der Waals surface area contributed by atoms with E-state index < -0.39 is 0 Å². The maximum Gasteiger partial charge on any atom is 0.0639 e. The highest BCUT2D eigenvalue weighted by Gasteiger charge is 2.18. The van der Waals surface area contributed by atoms with Crippen molar-refractivity contribution in [3.8, 4) is 11.4 Å². The van der Waals surface area contributed by atoms with Crippen LogP contribution in [0.3, 0.4) is 0 Å². The van der Waals surface area contributed by atoms with Crippen molar-refractivity contribution in [1.82, 2.24) is 9.13 Å². The quantitative estimate of drug-likeness (QED) is 0.238. The van der Waals surface area contributed by atoms with Gasteiger partial charge in [0.2, 0.25) is 0 Å². The molecule has 0 unspecified atom stereocenters. The molecule has 200 valence electrons. The molecule has 5 aromatic carbocycles. The average molecular weight is 541 g/mol. The van der Waals surface area contributed by atoms with Crippen LogP contribution in [0, 0.1) is 0 Å². The lowest BCUT2D eigenvalue weighted by Crippen LogP contribution is -2.00. The van der Waals surface area contributed by atoms with E-state index in [1.807, 2.05) is 18.4 Å². The number of aromatic nitrogens is 2. The van der Waals surface area contributed by atoms with Gasteiger partial charge in [0.05, 0.1) is 28.6 Å². The lowest BCUT2D eigenvalue weighted by Gasteiger charge is -2.11. The van der Waals surface area contributed by atoms with Crippen molar-refractivity contribution in [2.75, 3.05) is 6.54 Å². The largest absolute Gasteiger partial charge is 0.398 e. The predicted octanol–water partition coefficient (Wildman–Crippen LogP) is 8.75. The summed E-state index contributed by atoms with van der Waals surface area (Å²) in [6.07, 6.45) is 9.88. The summed E-state index contributed by atoms with van der Waals surface area (Å²) in [6, 6.07) is 41.2. The Bertz CT molecular complexity index is 2270. The molecule has 0 amide bonds. The standard InChI is InChI=1S/C38H28N4/c39-34(20-19-26-10-9-21-40-25-26)27-11-8-14-29(22-27)42-36-18-7-5-16-31(36)33-23-32-30-15-4-6-17-35(30)41(37(32)24-38(33)42)28-12-2-1-3-13-28/h1-24H,25,39H2/b26-19-,34-20-. The Hall–Kier alpha value is -5.61. The average Bonchev–Trinajstić information content (AvgIpc) is 3.55. The molecule has 0 radical (unpaired) electrons. The van der Waals surface area contributed by atoms with E-state index in [1.165, 1.54) is 38.1 Å². The van der Waals surface area contributed by atoms with Crippen LogP contribution in [0.1, 0.15) is 5.56 Å². The van der Waals surface area contributed by atoms with Gasteiger partial charge in [0, 0.05) is 44.8 Å². The molecular formula is C38H28N4. The molecule has 0 spiro atoms. The summed E-state index contributed by atoms with van der Waals surface area (Å²) in [7, 11) is 0. The highest BCUT2D eigenvalue weighted by Crippen LogP contribution is 2.39. The Kier molecular flexibility index (Phi) is 5.64. The number of fused-ring (bicyclic) bond motifs is 6. The molecule has 4 heteroatoms. The van der Waals surface area contributed by atoms with Gasteiger partial charge in [0.1, 0.15) is 0 Å². The zero-order valence-corrected chi connectivity index (χ0v) is 23.0. The van der Waals surface area contributed by atoms with Crippen LogP contribution in [0.5, 0.6) is 0 Å². The van der Waals surface area contributed by atoms with E-state index in [-0.39, 0.29) is 0 Å². The number of rotatable bonds is 4. The van der Waals surface area contributed by atoms with Gasteiger partial charge in [0.25, 0.3) is 0 Å². The fraction of sp³-hybridized carbons (Fsp3) is 0.0263. The number of nitrogens with zero attached hydrogens (tertiary/aromatic N) is 3. The van der Waals surface area contributed by atoms with Crippen molar-refractivity contribution >= 4 is 55.5 Å². The molecule has 8 rings (SSSR count). The van der Waals surface area contributed by atoms with Gasteiger partial charge in [0.15, 0.2) is 0 Å². The summed E-state index contributed by atoms with van der Waals surface area (Å²) in [4.78, 5) is 4.32. The van der Waals surface area contributed by atoms with Crippen LogP contribution in [0.4, 0.5) is 0 Å². The number of dihydropyridines is 1. The monoisotopic (exact) mass is 540 g/mol. The van der Waals surface area contributed by atoms with Crippen LogP contribution in [0.15, 0.2) is 150 Å². The van der Waals surface area contributed by atoms with E-state index in [9.17, 15) is 0 Å². The zero-order chi connectivity index (χ0) is 28.0. The molecule has 0 fully saturated rings. The van der Waals surface area contributed by atoms with Crippen LogP contribution >= 0.6 is 0 Å². The van der Waals surface area contributed by atoms with Gasteiger partial charge >= 0.3 is 0 Å². The summed E-state index contributed by atoms with van der Waals surface area (Å²) >= 11 is 0. The molecule has 0 aliphatic carbocycles. The SMILES string of the molecule is N/C(=C\C=C1\C=CC=NC1)c1cccc(-n2c3ccccc3c3cc4c5ccccc5n(-c5ccccc5)c4cc32)c1. The van der Waals surface area contributed by atoms with Crippen LogP contribution in [0.25, 0.3) is 60.7 Å². The van der Waals surface area contributed by atoms with E-state index in [2.05, 4.69) is 142 Å². The molecule has 42 heavy (non-hydrogen) atoms. The highest BCUT2D eigenvalue weighted by molar-refractivity contribution is 6.19. The van der Waals surface area contributed by atoms with Crippen molar-refractivity contribution in [1.29, 1.82) is 0 Å². The fourth-order valence-corrected chi connectivity index (χ4v) is 6.23. The van der Waals surface area contributed by atoms with Crippen molar-refractivity contribution in [2.24, 2.45) is 10.7 Å². The van der Waals surface area contributed by atoms with Crippen LogP contribution in [0.2, 0.25) is 0 Å². The number of benzene rings is 5. The summed E-state index contributed by atoms with van der Waals surface area (Å²) in [5.74, 6) is 0. The number of nitrogens with two attached hydrogens (primary N) is 1. The number of hydrogen-bond acceptors (Lipinski definition) is 2. The Morgan fingerprint density at radius 1 is 0.619 bits per heavy atom. The van der Waals surface area contributed by atoms with Crippen molar-refractivity contribution in [3.63, 3.8) is 0 Å². The van der Waals surface area contributed by atoms with Crippen molar-refractivity contribution in [2.45, 2.75) is 0 Å². The molecule has 3 heterocycles. The van der Waals surface area contributed by atoms with Crippen LogP contribution < -0.4 is 5.73 Å². The lowest BCUT2D eigenvalue weighted by atomic mass is 10.1. The van der Waals surface area contributed by atoms with E-state index in [0.29, 0.717) is 6.54 Å². The first-order chi connectivity index (χ1) is 20.8. The fourth-order valence-electron chi connectivity index (χ4n) is 6.23. The third kappa shape index (κ3) is 3.88. The summed E-state index contributed by atoms with van der Waals surface area (Å²) in [6.45, 7) is 0.676. The maximum absolute atomic E-state index is 6.60. The van der Waals surface area contributed by atoms with Gasteiger partial charge in [-0.3, -0.25) is 4.99 Å². The molecule has 0 saturated carbocycles. The molecular weight excluding hydrogens is 512 g/mol. The maximum atomic E-state index is 6.60. The Labute approximate surface area is 243 Å². The molecule has 0 saturated heterocycles. The first-order valence-corrected chi connectivity index (χ1v) is 14.2. The van der Waals surface area contributed by atoms with Gasteiger partial charge < -0.3 is 14.9 Å². The van der Waals surface area contributed by atoms with Crippen LogP contribution in [-0.4, -0.2) is 21.9 Å². The molecule has 2 N–H and O–H groups in total. The Balaban J connectivity index is 1.38. The molecule has 0 atom stereocenters. The zero-order valence-electron chi connectivity index (χ0n) is 23.0. The van der Waals surface area contributed by atoms with Gasteiger partial charge in [-0.05, 0) is 71.8 Å². The van der Waals surface area contributed by atoms with E-state index in [0.717, 1.165) is 33.7 Å². The molecule has 0 bridgehead atoms. The number of allylic oxidation sites excluding steroid dienone is 3. The van der Waals surface area contributed by atoms with Crippen LogP contribution in [-0.2, 0) is 0 Å². The second kappa shape index (κ2) is 9.79. The molecule has 1 aliphatic rings. The molecule has 2 aromatic heterocycles. The third-order valence-corrected chi connectivity index (χ3v) is 8.17. The molecule has 4 nitrogen and oxygen atoms in total. The molecule has 1 aliphatic heterocycles. The minimum Gasteiger partial charge on any atom is -0.398 e. The smallest absolute Gasteiger partial charge is 0.0639 e. The topological polar surface area (TPSA) is 48.2 Å². The van der Waals surface area contributed by atoms with E-state index >= 15 is 0 Å².